The van der Waals surface area contributed by atoms with Crippen LogP contribution in [0.4, 0.5) is 0 Å². The lowest BCUT2D eigenvalue weighted by Crippen LogP contribution is -2.48. The van der Waals surface area contributed by atoms with E-state index in [1.54, 1.807) is 36.4 Å². The fourth-order valence-corrected chi connectivity index (χ4v) is 2.42. The van der Waals surface area contributed by atoms with Gasteiger partial charge in [-0.2, -0.15) is 0 Å². The predicted molar refractivity (Wildman–Crippen MR) is 101 cm³/mol. The molecule has 2 aromatic rings. The van der Waals surface area contributed by atoms with Gasteiger partial charge in [-0.05, 0) is 37.3 Å². The molecule has 0 aliphatic heterocycles. The zero-order valence-corrected chi connectivity index (χ0v) is 16.1. The first kappa shape index (κ1) is 20.7. The summed E-state index contributed by atoms with van der Waals surface area (Å²) in [6.45, 7) is 1.21. The summed E-state index contributed by atoms with van der Waals surface area (Å²) in [7, 11) is 1.50. The number of amides is 2. The third kappa shape index (κ3) is 6.23. The highest BCUT2D eigenvalue weighted by Crippen LogP contribution is 2.28. The summed E-state index contributed by atoms with van der Waals surface area (Å²) < 4.78 is 15.9. The first-order valence-electron chi connectivity index (χ1n) is 7.87. The third-order valence-corrected chi connectivity index (χ3v) is 3.85. The van der Waals surface area contributed by atoms with E-state index in [-0.39, 0.29) is 11.6 Å². The second-order valence-corrected chi connectivity index (χ2v) is 6.16. The zero-order chi connectivity index (χ0) is 19.8. The Morgan fingerprint density at radius 1 is 1.04 bits per heavy atom. The Labute approximate surface area is 166 Å². The molecule has 144 valence electrons. The molecule has 0 saturated heterocycles. The molecule has 0 saturated carbocycles. The largest absolute Gasteiger partial charge is 0.493 e. The molecule has 2 N–H and O–H groups in total. The van der Waals surface area contributed by atoms with Crippen molar-refractivity contribution in [3.63, 3.8) is 0 Å². The van der Waals surface area contributed by atoms with E-state index < -0.39 is 17.9 Å². The molecule has 0 fully saturated rings. The van der Waals surface area contributed by atoms with Crippen LogP contribution in [0.3, 0.4) is 0 Å². The molecule has 2 amide bonds. The highest BCUT2D eigenvalue weighted by atomic mass is 35.5. The topological polar surface area (TPSA) is 85.9 Å². The van der Waals surface area contributed by atoms with Gasteiger partial charge < -0.3 is 14.2 Å². The van der Waals surface area contributed by atoms with Crippen molar-refractivity contribution < 1.29 is 23.8 Å². The minimum Gasteiger partial charge on any atom is -0.493 e. The SMILES string of the molecule is COc1ccccc1OCC(=O)NNC(=O)C(C)Oc1ccc(Cl)cc1Cl. The Bertz CT molecular complexity index is 816. The quantitative estimate of drug-likeness (QED) is 0.682. The Balaban J connectivity index is 1.79. The fraction of sp³-hybridized carbons (Fsp3) is 0.222. The van der Waals surface area contributed by atoms with Gasteiger partial charge >= 0.3 is 0 Å². The Morgan fingerprint density at radius 2 is 1.74 bits per heavy atom. The molecule has 0 bridgehead atoms. The van der Waals surface area contributed by atoms with Gasteiger partial charge in [0.05, 0.1) is 12.1 Å². The standard InChI is InChI=1S/C18H18Cl2N2O5/c1-11(27-14-8-7-12(19)9-13(14)20)18(24)22-21-17(23)10-26-16-6-4-3-5-15(16)25-2/h3-9,11H,10H2,1-2H3,(H,21,23)(H,22,24). The lowest BCUT2D eigenvalue weighted by Gasteiger charge is -2.16. The van der Waals surface area contributed by atoms with Crippen LogP contribution in [-0.2, 0) is 9.59 Å². The maximum absolute atomic E-state index is 12.0. The number of rotatable bonds is 7. The van der Waals surface area contributed by atoms with E-state index in [0.717, 1.165) is 0 Å². The summed E-state index contributed by atoms with van der Waals surface area (Å²) in [5.41, 5.74) is 4.50. The maximum Gasteiger partial charge on any atom is 0.279 e. The number of hydrogen-bond donors (Lipinski definition) is 2. The normalized spacial score (nSPS) is 11.3. The minimum absolute atomic E-state index is 0.274. The van der Waals surface area contributed by atoms with Crippen LogP contribution < -0.4 is 25.1 Å². The van der Waals surface area contributed by atoms with E-state index in [4.69, 9.17) is 37.4 Å². The maximum atomic E-state index is 12.0. The average Bonchev–Trinajstić information content (AvgIpc) is 2.66. The van der Waals surface area contributed by atoms with Gasteiger partial charge in [0.2, 0.25) is 0 Å². The monoisotopic (exact) mass is 412 g/mol. The molecule has 0 radical (unpaired) electrons. The van der Waals surface area contributed by atoms with E-state index in [9.17, 15) is 9.59 Å². The lowest BCUT2D eigenvalue weighted by atomic mass is 10.3. The highest BCUT2D eigenvalue weighted by molar-refractivity contribution is 6.35. The Kier molecular flexibility index (Phi) is 7.57. The van der Waals surface area contributed by atoms with Crippen LogP contribution in [0.25, 0.3) is 0 Å². The second-order valence-electron chi connectivity index (χ2n) is 5.31. The zero-order valence-electron chi connectivity index (χ0n) is 14.6. The molecule has 1 atom stereocenters. The highest BCUT2D eigenvalue weighted by Gasteiger charge is 2.17. The molecule has 0 spiro atoms. The molecule has 2 aromatic carbocycles. The summed E-state index contributed by atoms with van der Waals surface area (Å²) in [5.74, 6) is 0.0962. The summed E-state index contributed by atoms with van der Waals surface area (Å²) in [4.78, 5) is 23.8. The van der Waals surface area contributed by atoms with Gasteiger partial charge in [0.25, 0.3) is 11.8 Å². The van der Waals surface area contributed by atoms with E-state index in [1.807, 2.05) is 0 Å². The van der Waals surface area contributed by atoms with Crippen LogP contribution in [0.2, 0.25) is 10.0 Å². The summed E-state index contributed by atoms with van der Waals surface area (Å²) in [6.07, 6.45) is -0.904. The number of carbonyl (C=O) groups excluding carboxylic acids is 2. The van der Waals surface area contributed by atoms with Gasteiger partial charge in [-0.3, -0.25) is 20.4 Å². The number of hydrogen-bond acceptors (Lipinski definition) is 5. The molecule has 27 heavy (non-hydrogen) atoms. The molecule has 9 heteroatoms. The number of methoxy groups -OCH3 is 1. The summed E-state index contributed by atoms with van der Waals surface area (Å²) >= 11 is 11.8. The van der Waals surface area contributed by atoms with Crippen molar-refractivity contribution in [1.29, 1.82) is 0 Å². The van der Waals surface area contributed by atoms with Crippen molar-refractivity contribution in [3.8, 4) is 17.2 Å². The number of carbonyl (C=O) groups is 2. The van der Waals surface area contributed by atoms with Crippen LogP contribution in [0.15, 0.2) is 42.5 Å². The summed E-state index contributed by atoms with van der Waals surface area (Å²) in [5, 5.41) is 0.725. The van der Waals surface area contributed by atoms with E-state index >= 15 is 0 Å². The van der Waals surface area contributed by atoms with Crippen molar-refractivity contribution in [2.24, 2.45) is 0 Å². The number of para-hydroxylation sites is 2. The number of halogens is 2. The number of ether oxygens (including phenoxy) is 3. The minimum atomic E-state index is -0.904. The number of benzene rings is 2. The first-order chi connectivity index (χ1) is 12.9. The van der Waals surface area contributed by atoms with Crippen molar-refractivity contribution in [2.45, 2.75) is 13.0 Å². The molecule has 0 aliphatic rings. The molecule has 1 unspecified atom stereocenters. The van der Waals surface area contributed by atoms with Crippen molar-refractivity contribution in [3.05, 3.63) is 52.5 Å². The van der Waals surface area contributed by atoms with Gasteiger partial charge in [0.15, 0.2) is 24.2 Å². The molecular formula is C18H18Cl2N2O5. The molecule has 0 heterocycles. The molecule has 7 nitrogen and oxygen atoms in total. The van der Waals surface area contributed by atoms with Gasteiger partial charge in [0, 0.05) is 5.02 Å². The molecule has 0 aliphatic carbocycles. The molecular weight excluding hydrogens is 395 g/mol. The van der Waals surface area contributed by atoms with Gasteiger partial charge in [-0.25, -0.2) is 0 Å². The van der Waals surface area contributed by atoms with Crippen molar-refractivity contribution >= 4 is 35.0 Å². The van der Waals surface area contributed by atoms with Crippen molar-refractivity contribution in [2.75, 3.05) is 13.7 Å². The van der Waals surface area contributed by atoms with Crippen LogP contribution in [0.1, 0.15) is 6.92 Å². The van der Waals surface area contributed by atoms with Crippen molar-refractivity contribution in [1.82, 2.24) is 10.9 Å². The number of nitrogens with one attached hydrogen (secondary N) is 2. The van der Waals surface area contributed by atoms with Crippen LogP contribution >= 0.6 is 23.2 Å². The fourth-order valence-electron chi connectivity index (χ4n) is 1.97. The summed E-state index contributed by atoms with van der Waals surface area (Å²) in [6, 6.07) is 11.5. The van der Waals surface area contributed by atoms with E-state index in [0.29, 0.717) is 22.3 Å². The van der Waals surface area contributed by atoms with Crippen LogP contribution in [0.5, 0.6) is 17.2 Å². The lowest BCUT2D eigenvalue weighted by molar-refractivity contribution is -0.133. The predicted octanol–water partition coefficient (Wildman–Crippen LogP) is 3.00. The van der Waals surface area contributed by atoms with Crippen LogP contribution in [-0.4, -0.2) is 31.6 Å². The molecule has 0 aromatic heterocycles. The van der Waals surface area contributed by atoms with Crippen LogP contribution in [0, 0.1) is 0 Å². The number of hydrazine groups is 1. The second kappa shape index (κ2) is 9.89. The van der Waals surface area contributed by atoms with E-state index in [2.05, 4.69) is 10.9 Å². The van der Waals surface area contributed by atoms with Gasteiger partial charge in [-0.1, -0.05) is 35.3 Å². The van der Waals surface area contributed by atoms with Gasteiger partial charge in [0.1, 0.15) is 5.75 Å². The Morgan fingerprint density at radius 3 is 2.41 bits per heavy atom. The average molecular weight is 413 g/mol. The first-order valence-corrected chi connectivity index (χ1v) is 8.62. The Hall–Kier alpha value is -2.64. The third-order valence-electron chi connectivity index (χ3n) is 3.32. The van der Waals surface area contributed by atoms with Gasteiger partial charge in [-0.15, -0.1) is 0 Å². The molecule has 2 rings (SSSR count). The smallest absolute Gasteiger partial charge is 0.279 e. The van der Waals surface area contributed by atoms with E-state index in [1.165, 1.54) is 20.1 Å².